The first kappa shape index (κ1) is 24.2. The number of nitrogens with zero attached hydrogens (tertiary/aromatic N) is 3. The molecule has 33 heavy (non-hydrogen) atoms. The summed E-state index contributed by atoms with van der Waals surface area (Å²) >= 11 is 5.98. The van der Waals surface area contributed by atoms with E-state index in [1.54, 1.807) is 50.4 Å². The predicted octanol–water partition coefficient (Wildman–Crippen LogP) is 2.81. The van der Waals surface area contributed by atoms with Crippen molar-refractivity contribution in [3.05, 3.63) is 85.6 Å². The summed E-state index contributed by atoms with van der Waals surface area (Å²) in [5.41, 5.74) is 1.04. The van der Waals surface area contributed by atoms with Gasteiger partial charge in [-0.3, -0.25) is 9.36 Å². The van der Waals surface area contributed by atoms with Crippen LogP contribution in [0.1, 0.15) is 18.1 Å². The zero-order valence-electron chi connectivity index (χ0n) is 18.6. The molecule has 0 amide bonds. The molecule has 0 fully saturated rings. The molecule has 9 nitrogen and oxygen atoms in total. The van der Waals surface area contributed by atoms with Gasteiger partial charge in [-0.2, -0.15) is 4.98 Å². The van der Waals surface area contributed by atoms with Gasteiger partial charge in [0.2, 0.25) is 5.95 Å². The van der Waals surface area contributed by atoms with E-state index in [0.29, 0.717) is 17.3 Å². The molecule has 1 heterocycles. The van der Waals surface area contributed by atoms with Crippen LogP contribution in [0.2, 0.25) is 5.02 Å². The van der Waals surface area contributed by atoms with Crippen molar-refractivity contribution in [3.63, 3.8) is 0 Å². The number of ether oxygens (including phenoxy) is 2. The van der Waals surface area contributed by atoms with Crippen molar-refractivity contribution in [3.8, 4) is 0 Å². The van der Waals surface area contributed by atoms with Crippen molar-refractivity contribution >= 4 is 29.2 Å². The number of hydrogen-bond acceptors (Lipinski definition) is 7. The highest BCUT2D eigenvalue weighted by Gasteiger charge is 2.20. The number of benzene rings is 2. The number of esters is 1. The van der Waals surface area contributed by atoms with Gasteiger partial charge in [-0.1, -0.05) is 42.8 Å². The summed E-state index contributed by atoms with van der Waals surface area (Å²) in [5, 5.41) is 3.61. The van der Waals surface area contributed by atoms with E-state index in [0.717, 1.165) is 15.7 Å². The van der Waals surface area contributed by atoms with Gasteiger partial charge in [0, 0.05) is 24.4 Å². The molecule has 0 spiro atoms. The van der Waals surface area contributed by atoms with Gasteiger partial charge in [-0.05, 0) is 35.4 Å². The Labute approximate surface area is 195 Å². The van der Waals surface area contributed by atoms with Crippen molar-refractivity contribution in [2.24, 2.45) is 5.92 Å². The van der Waals surface area contributed by atoms with Gasteiger partial charge in [0.15, 0.2) is 0 Å². The van der Waals surface area contributed by atoms with Crippen molar-refractivity contribution in [1.82, 2.24) is 14.1 Å². The fourth-order valence-corrected chi connectivity index (χ4v) is 3.35. The van der Waals surface area contributed by atoms with Crippen molar-refractivity contribution in [2.45, 2.75) is 26.6 Å². The van der Waals surface area contributed by atoms with E-state index in [1.807, 2.05) is 12.1 Å². The third-order valence-corrected chi connectivity index (χ3v) is 5.24. The Balaban J connectivity index is 2.03. The van der Waals surface area contributed by atoms with E-state index in [-0.39, 0.29) is 19.0 Å². The van der Waals surface area contributed by atoms with E-state index in [9.17, 15) is 14.4 Å². The second kappa shape index (κ2) is 10.9. The highest BCUT2D eigenvalue weighted by atomic mass is 35.5. The second-order valence-electron chi connectivity index (χ2n) is 7.50. The molecule has 0 radical (unpaired) electrons. The Morgan fingerprint density at radius 3 is 2.27 bits per heavy atom. The van der Waals surface area contributed by atoms with Crippen LogP contribution in [0.25, 0.3) is 0 Å². The van der Waals surface area contributed by atoms with Gasteiger partial charge in [0.05, 0.1) is 26.2 Å². The number of nitrogens with one attached hydrogen (secondary N) is 1. The summed E-state index contributed by atoms with van der Waals surface area (Å²) in [7, 11) is 2.87. The van der Waals surface area contributed by atoms with Crippen LogP contribution in [0, 0.1) is 5.92 Å². The molecule has 0 saturated heterocycles. The first-order valence-electron chi connectivity index (χ1n) is 10.2. The van der Waals surface area contributed by atoms with Crippen LogP contribution in [-0.2, 0) is 34.0 Å². The molecule has 0 aliphatic heterocycles. The van der Waals surface area contributed by atoms with Crippen LogP contribution >= 0.6 is 11.6 Å². The Morgan fingerprint density at radius 2 is 1.67 bits per heavy atom. The maximum atomic E-state index is 13.3. The zero-order valence-corrected chi connectivity index (χ0v) is 19.3. The lowest BCUT2D eigenvalue weighted by atomic mass is 10.2. The molecule has 0 aliphatic carbocycles. The molecule has 1 N–H and O–H groups in total. The van der Waals surface area contributed by atoms with E-state index < -0.39 is 23.3 Å². The van der Waals surface area contributed by atoms with Gasteiger partial charge in [-0.15, -0.1) is 0 Å². The number of methoxy groups -OCH3 is 2. The molecule has 3 aromatic rings. The Morgan fingerprint density at radius 1 is 1.03 bits per heavy atom. The molecular formula is C23H25ClN4O5. The lowest BCUT2D eigenvalue weighted by molar-refractivity contribution is -0.145. The molecule has 3 rings (SSSR count). The van der Waals surface area contributed by atoms with Crippen LogP contribution < -0.4 is 16.7 Å². The summed E-state index contributed by atoms with van der Waals surface area (Å²) in [6, 6.07) is 14.3. The average Bonchev–Trinajstić information content (AvgIpc) is 2.81. The summed E-state index contributed by atoms with van der Waals surface area (Å²) in [4.78, 5) is 41.9. The number of anilines is 2. The SMILES string of the molecule is COCc1ccc(Nc2nc(=O)n(CC(C)C(=O)OC)c(=O)n2Cc2ccc(Cl)cc2)cc1. The number of carbonyl (C=O) groups excluding carboxylic acids is 1. The largest absolute Gasteiger partial charge is 0.469 e. The number of hydrogen-bond donors (Lipinski definition) is 1. The fraction of sp³-hybridized carbons (Fsp3) is 0.304. The Kier molecular flexibility index (Phi) is 8.02. The maximum Gasteiger partial charge on any atom is 0.354 e. The van der Waals surface area contributed by atoms with Gasteiger partial charge < -0.3 is 14.8 Å². The molecule has 1 aromatic heterocycles. The van der Waals surface area contributed by atoms with Crippen LogP contribution in [-0.4, -0.2) is 34.3 Å². The average molecular weight is 473 g/mol. The highest BCUT2D eigenvalue weighted by Crippen LogP contribution is 2.16. The topological polar surface area (TPSA) is 104 Å². The third kappa shape index (κ3) is 6.09. The maximum absolute atomic E-state index is 13.3. The zero-order chi connectivity index (χ0) is 24.0. The van der Waals surface area contributed by atoms with Crippen LogP contribution in [0.3, 0.4) is 0 Å². The summed E-state index contributed by atoms with van der Waals surface area (Å²) in [6.07, 6.45) is 0. The van der Waals surface area contributed by atoms with Gasteiger partial charge >= 0.3 is 17.3 Å². The monoisotopic (exact) mass is 472 g/mol. The normalized spacial score (nSPS) is 11.8. The summed E-state index contributed by atoms with van der Waals surface area (Å²) in [6.45, 7) is 2.03. The Hall–Kier alpha value is -3.43. The van der Waals surface area contributed by atoms with E-state index in [2.05, 4.69) is 10.3 Å². The minimum absolute atomic E-state index is 0.0846. The molecular weight excluding hydrogens is 448 g/mol. The van der Waals surface area contributed by atoms with Crippen LogP contribution in [0.4, 0.5) is 11.6 Å². The molecule has 174 valence electrons. The van der Waals surface area contributed by atoms with E-state index >= 15 is 0 Å². The van der Waals surface area contributed by atoms with Crippen molar-refractivity contribution in [1.29, 1.82) is 0 Å². The van der Waals surface area contributed by atoms with Gasteiger partial charge in [0.25, 0.3) is 0 Å². The number of halogens is 1. The quantitative estimate of drug-likeness (QED) is 0.477. The van der Waals surface area contributed by atoms with Gasteiger partial charge in [0.1, 0.15) is 0 Å². The molecule has 10 heteroatoms. The van der Waals surface area contributed by atoms with E-state index in [1.165, 1.54) is 11.7 Å². The minimum Gasteiger partial charge on any atom is -0.469 e. The van der Waals surface area contributed by atoms with Gasteiger partial charge in [-0.25, -0.2) is 14.2 Å². The number of aromatic nitrogens is 3. The first-order valence-corrected chi connectivity index (χ1v) is 10.6. The molecule has 2 aromatic carbocycles. The highest BCUT2D eigenvalue weighted by molar-refractivity contribution is 6.30. The predicted molar refractivity (Wildman–Crippen MR) is 125 cm³/mol. The standard InChI is InChI=1S/C23H25ClN4O5/c1-15(20(29)33-3)12-28-22(30)26-21(25-19-10-6-17(7-11-19)14-32-2)27(23(28)31)13-16-4-8-18(24)9-5-16/h4-11,15H,12-14H2,1-3H3,(H,25,26,30). The number of carbonyl (C=O) groups is 1. The van der Waals surface area contributed by atoms with Crippen LogP contribution in [0.15, 0.2) is 58.1 Å². The lowest BCUT2D eigenvalue weighted by Gasteiger charge is -2.17. The minimum atomic E-state index is -0.762. The number of rotatable bonds is 9. The van der Waals surface area contributed by atoms with Crippen LogP contribution in [0.5, 0.6) is 0 Å². The summed E-state index contributed by atoms with van der Waals surface area (Å²) < 4.78 is 12.1. The summed E-state index contributed by atoms with van der Waals surface area (Å²) in [5.74, 6) is -1.14. The molecule has 1 atom stereocenters. The Bertz CT molecular complexity index is 1220. The first-order chi connectivity index (χ1) is 15.8. The second-order valence-corrected chi connectivity index (χ2v) is 7.94. The van der Waals surface area contributed by atoms with Crippen molar-refractivity contribution in [2.75, 3.05) is 19.5 Å². The van der Waals surface area contributed by atoms with Crippen molar-refractivity contribution < 1.29 is 14.3 Å². The molecule has 0 bridgehead atoms. The molecule has 1 unspecified atom stereocenters. The molecule has 0 aliphatic rings. The smallest absolute Gasteiger partial charge is 0.354 e. The fourth-order valence-electron chi connectivity index (χ4n) is 3.23. The third-order valence-electron chi connectivity index (χ3n) is 4.98. The van der Waals surface area contributed by atoms with E-state index in [4.69, 9.17) is 21.1 Å². The molecule has 0 saturated carbocycles. The lowest BCUT2D eigenvalue weighted by Crippen LogP contribution is -2.44.